The molecule has 5 N–H and O–H groups in total. The van der Waals surface area contributed by atoms with E-state index in [1.807, 2.05) is 55.5 Å². The number of carbonyl (C=O) groups is 6. The predicted octanol–water partition coefficient (Wildman–Crippen LogP) is 4.34. The number of imide groups is 2. The molecule has 16 nitrogen and oxygen atoms in total. The van der Waals surface area contributed by atoms with Gasteiger partial charge in [-0.25, -0.2) is 8.42 Å². The zero-order chi connectivity index (χ0) is 44.3. The summed E-state index contributed by atoms with van der Waals surface area (Å²) in [4.78, 5) is 86.1. The number of aromatic nitrogens is 1. The van der Waals surface area contributed by atoms with Crippen molar-refractivity contribution < 1.29 is 37.2 Å². The minimum atomic E-state index is -4.02. The van der Waals surface area contributed by atoms with Gasteiger partial charge in [0.15, 0.2) is 0 Å². The highest BCUT2D eigenvalue weighted by molar-refractivity contribution is 7.89. The Morgan fingerprint density at radius 2 is 1.57 bits per heavy atom. The van der Waals surface area contributed by atoms with Gasteiger partial charge in [-0.05, 0) is 99.3 Å². The third kappa shape index (κ3) is 9.55. The molecule has 4 aromatic carbocycles. The van der Waals surface area contributed by atoms with Crippen molar-refractivity contribution in [3.8, 4) is 0 Å². The molecule has 326 valence electrons. The van der Waals surface area contributed by atoms with Crippen molar-refractivity contribution in [2.24, 2.45) is 0 Å². The minimum Gasteiger partial charge on any atom is -0.369 e. The number of rotatable bonds is 15. The molecule has 17 heteroatoms. The number of hydrogen-bond donors (Lipinski definition) is 5. The first-order valence-electron chi connectivity index (χ1n) is 21.0. The van der Waals surface area contributed by atoms with Crippen LogP contribution in [-0.2, 0) is 35.6 Å². The average molecular weight is 873 g/mol. The van der Waals surface area contributed by atoms with E-state index in [2.05, 4.69) is 35.5 Å². The van der Waals surface area contributed by atoms with Gasteiger partial charge in [-0.3, -0.25) is 43.9 Å². The Morgan fingerprint density at radius 1 is 0.825 bits per heavy atom. The van der Waals surface area contributed by atoms with E-state index < -0.39 is 51.6 Å². The SMILES string of the molecule is Cc1ccc(S(=O)(=O)NC(Cc2c[nH]c3ccccc23)C(=O)Nc2ccc(N3CCN(CCCCC(=O)Nc4cccc5c4C(=O)N(C4CCC(=O)NC4=O)C5=O)CC3)cc2)cc1. The second-order valence-corrected chi connectivity index (χ2v) is 17.8. The number of para-hydroxylation sites is 1. The molecule has 3 aliphatic rings. The summed E-state index contributed by atoms with van der Waals surface area (Å²) in [5.41, 5.74) is 4.51. The average Bonchev–Trinajstić information content (AvgIpc) is 3.79. The number of benzene rings is 4. The predicted molar refractivity (Wildman–Crippen MR) is 237 cm³/mol. The maximum absolute atomic E-state index is 13.8. The summed E-state index contributed by atoms with van der Waals surface area (Å²) < 4.78 is 29.6. The van der Waals surface area contributed by atoms with Crippen LogP contribution >= 0.6 is 0 Å². The van der Waals surface area contributed by atoms with Gasteiger partial charge >= 0.3 is 0 Å². The Morgan fingerprint density at radius 3 is 2.32 bits per heavy atom. The van der Waals surface area contributed by atoms with Crippen LogP contribution in [-0.4, -0.2) is 103 Å². The Bertz CT molecular complexity index is 2690. The molecule has 2 saturated heterocycles. The van der Waals surface area contributed by atoms with Crippen LogP contribution in [0.25, 0.3) is 10.9 Å². The van der Waals surface area contributed by atoms with Crippen LogP contribution in [0, 0.1) is 6.92 Å². The number of aromatic amines is 1. The number of amides is 6. The number of nitrogens with one attached hydrogen (secondary N) is 5. The fourth-order valence-electron chi connectivity index (χ4n) is 8.35. The monoisotopic (exact) mass is 872 g/mol. The van der Waals surface area contributed by atoms with Crippen molar-refractivity contribution in [1.29, 1.82) is 0 Å². The van der Waals surface area contributed by atoms with E-state index in [1.54, 1.807) is 30.5 Å². The van der Waals surface area contributed by atoms with Crippen LogP contribution in [0.3, 0.4) is 0 Å². The second-order valence-electron chi connectivity index (χ2n) is 16.1. The third-order valence-electron chi connectivity index (χ3n) is 11.8. The number of nitrogens with zero attached hydrogens (tertiary/aromatic N) is 3. The normalized spacial score (nSPS) is 17.4. The van der Waals surface area contributed by atoms with E-state index in [0.717, 1.165) is 71.8 Å². The molecule has 0 saturated carbocycles. The van der Waals surface area contributed by atoms with Crippen molar-refractivity contribution in [1.82, 2.24) is 24.8 Å². The molecule has 63 heavy (non-hydrogen) atoms. The number of piperidine rings is 1. The van der Waals surface area contributed by atoms with Gasteiger partial charge in [0.2, 0.25) is 33.7 Å². The van der Waals surface area contributed by atoms with Gasteiger partial charge in [0, 0.05) is 67.5 Å². The fraction of sp³-hybridized carbons (Fsp3) is 0.304. The van der Waals surface area contributed by atoms with Crippen LogP contribution in [0.1, 0.15) is 63.9 Å². The standard InChI is InChI=1S/C46H48N8O8S/c1-29-12-18-33(19-13-29)63(61,62)51-38(27-30-28-47-36-9-3-2-7-34(30)36)43(57)48-31-14-16-32(17-15-31)53-25-23-52(24-26-53)22-5-4-11-40(55)49-37-10-6-8-35-42(37)46(60)54(45(35)59)39-20-21-41(56)50-44(39)58/h2-3,6-10,12-19,28,38-39,47,51H,4-5,11,20-27H2,1H3,(H,48,57)(H,49,55)(H,50,56,58). The molecule has 2 fully saturated rings. The molecular formula is C46H48N8O8S. The van der Waals surface area contributed by atoms with Gasteiger partial charge in [0.05, 0.1) is 21.7 Å². The molecule has 3 aliphatic heterocycles. The van der Waals surface area contributed by atoms with Crippen molar-refractivity contribution in [3.05, 3.63) is 119 Å². The second kappa shape index (κ2) is 18.3. The first kappa shape index (κ1) is 43.0. The smallest absolute Gasteiger partial charge is 0.264 e. The summed E-state index contributed by atoms with van der Waals surface area (Å²) in [6.07, 6.45) is 3.59. The zero-order valence-corrected chi connectivity index (χ0v) is 35.5. The number of unbranched alkanes of at least 4 members (excludes halogenated alkanes) is 1. The Labute approximate surface area is 364 Å². The minimum absolute atomic E-state index is 0.0166. The molecular weight excluding hydrogens is 825 g/mol. The third-order valence-corrected chi connectivity index (χ3v) is 13.3. The van der Waals surface area contributed by atoms with Gasteiger partial charge < -0.3 is 20.5 Å². The van der Waals surface area contributed by atoms with E-state index in [-0.39, 0.29) is 53.3 Å². The van der Waals surface area contributed by atoms with Gasteiger partial charge in [-0.1, -0.05) is 42.0 Å². The van der Waals surface area contributed by atoms with Gasteiger partial charge in [0.25, 0.3) is 11.8 Å². The lowest BCUT2D eigenvalue weighted by Crippen LogP contribution is -2.54. The lowest BCUT2D eigenvalue weighted by molar-refractivity contribution is -0.136. The van der Waals surface area contributed by atoms with Gasteiger partial charge in [-0.2, -0.15) is 4.72 Å². The van der Waals surface area contributed by atoms with Crippen LogP contribution in [0.15, 0.2) is 102 Å². The molecule has 6 amide bonds. The summed E-state index contributed by atoms with van der Waals surface area (Å²) >= 11 is 0. The number of hydrogen-bond acceptors (Lipinski definition) is 10. The summed E-state index contributed by atoms with van der Waals surface area (Å²) in [5, 5.41) is 8.80. The van der Waals surface area contributed by atoms with Crippen LogP contribution in [0.4, 0.5) is 17.1 Å². The summed E-state index contributed by atoms with van der Waals surface area (Å²) in [5.74, 6) is -3.23. The molecule has 2 atom stereocenters. The van der Waals surface area contributed by atoms with Crippen molar-refractivity contribution in [3.63, 3.8) is 0 Å². The number of fused-ring (bicyclic) bond motifs is 2. The molecule has 0 aliphatic carbocycles. The zero-order valence-electron chi connectivity index (χ0n) is 34.7. The maximum atomic E-state index is 13.8. The van der Waals surface area contributed by atoms with E-state index in [9.17, 15) is 37.2 Å². The molecule has 5 aromatic rings. The summed E-state index contributed by atoms with van der Waals surface area (Å²) in [6, 6.07) is 24.1. The van der Waals surface area contributed by atoms with Crippen molar-refractivity contribution >= 4 is 73.4 Å². The van der Waals surface area contributed by atoms with Gasteiger partial charge in [-0.15, -0.1) is 0 Å². The molecule has 0 bridgehead atoms. The number of piperazine rings is 1. The van der Waals surface area contributed by atoms with Crippen LogP contribution in [0.5, 0.6) is 0 Å². The first-order chi connectivity index (χ1) is 30.3. The molecule has 0 spiro atoms. The van der Waals surface area contributed by atoms with E-state index in [4.69, 9.17) is 0 Å². The molecule has 2 unspecified atom stereocenters. The number of H-pyrrole nitrogens is 1. The number of aryl methyl sites for hydroxylation is 1. The lowest BCUT2D eigenvalue weighted by Gasteiger charge is -2.36. The Hall–Kier alpha value is -6.69. The maximum Gasteiger partial charge on any atom is 0.264 e. The van der Waals surface area contributed by atoms with Crippen LogP contribution < -0.4 is 25.6 Å². The van der Waals surface area contributed by atoms with E-state index in [1.165, 1.54) is 18.2 Å². The van der Waals surface area contributed by atoms with Gasteiger partial charge in [0.1, 0.15) is 12.1 Å². The molecule has 1 aromatic heterocycles. The number of anilines is 3. The fourth-order valence-corrected chi connectivity index (χ4v) is 9.54. The highest BCUT2D eigenvalue weighted by atomic mass is 32.2. The van der Waals surface area contributed by atoms with Crippen molar-refractivity contribution in [2.75, 3.05) is 48.3 Å². The first-order valence-corrected chi connectivity index (χ1v) is 22.5. The van der Waals surface area contributed by atoms with E-state index in [0.29, 0.717) is 12.1 Å². The molecule has 0 radical (unpaired) electrons. The lowest BCUT2D eigenvalue weighted by atomic mass is 10.0. The van der Waals surface area contributed by atoms with Crippen molar-refractivity contribution in [2.45, 2.75) is 62.4 Å². The molecule has 4 heterocycles. The van der Waals surface area contributed by atoms with Crippen LogP contribution in [0.2, 0.25) is 0 Å². The molecule has 8 rings (SSSR count). The Balaban J connectivity index is 0.803. The number of carbonyl (C=O) groups excluding carboxylic acids is 6. The highest BCUT2D eigenvalue weighted by Crippen LogP contribution is 2.33. The quantitative estimate of drug-likeness (QED) is 0.0743. The topological polar surface area (TPSA) is 210 Å². The largest absolute Gasteiger partial charge is 0.369 e. The van der Waals surface area contributed by atoms with E-state index >= 15 is 0 Å². The highest BCUT2D eigenvalue weighted by Gasteiger charge is 2.45. The Kier molecular flexibility index (Phi) is 12.5. The summed E-state index contributed by atoms with van der Waals surface area (Å²) in [7, 11) is -4.02. The summed E-state index contributed by atoms with van der Waals surface area (Å²) in [6.45, 7) is 5.86. The number of sulfonamides is 1.